The molecule has 0 spiro atoms. The summed E-state index contributed by atoms with van der Waals surface area (Å²) in [5.41, 5.74) is 6.73. The number of H-pyrrole nitrogens is 1. The maximum absolute atomic E-state index is 4.05. The third kappa shape index (κ3) is 3.90. The predicted octanol–water partition coefficient (Wildman–Crippen LogP) is 6.49. The molecule has 0 unspecified atom stereocenters. The van der Waals surface area contributed by atoms with E-state index in [0.29, 0.717) is 0 Å². The third-order valence-electron chi connectivity index (χ3n) is 8.02. The molecule has 0 aliphatic heterocycles. The van der Waals surface area contributed by atoms with Gasteiger partial charge in [0.1, 0.15) is 0 Å². The van der Waals surface area contributed by atoms with E-state index in [0.717, 1.165) is 32.2 Å². The van der Waals surface area contributed by atoms with Crippen LogP contribution in [0.2, 0.25) is 0 Å². The van der Waals surface area contributed by atoms with Crippen LogP contribution in [0.5, 0.6) is 0 Å². The average molecular weight is 438 g/mol. The summed E-state index contributed by atoms with van der Waals surface area (Å²) in [5, 5.41) is 5.38. The molecule has 0 amide bonds. The van der Waals surface area contributed by atoms with E-state index in [1.807, 2.05) is 0 Å². The molecule has 0 bridgehead atoms. The zero-order valence-electron chi connectivity index (χ0n) is 20.1. The van der Waals surface area contributed by atoms with Crippen molar-refractivity contribution in [3.05, 3.63) is 107 Å². The second kappa shape index (κ2) is 8.81. The molecule has 3 heteroatoms. The van der Waals surface area contributed by atoms with Gasteiger partial charge in [0.2, 0.25) is 0 Å². The van der Waals surface area contributed by atoms with Crippen LogP contribution in [0.15, 0.2) is 84.9 Å². The second-order valence-corrected chi connectivity index (χ2v) is 9.88. The minimum atomic E-state index is -0.0762. The molecule has 1 heterocycles. The van der Waals surface area contributed by atoms with Gasteiger partial charge in [-0.3, -0.25) is 4.90 Å². The first-order chi connectivity index (χ1) is 16.0. The lowest BCUT2D eigenvalue weighted by Crippen LogP contribution is -2.53. The van der Waals surface area contributed by atoms with Crippen molar-refractivity contribution in [3.8, 4) is 0 Å². The van der Waals surface area contributed by atoms with Gasteiger partial charge in [0, 0.05) is 28.7 Å². The monoisotopic (exact) mass is 437 g/mol. The summed E-state index contributed by atoms with van der Waals surface area (Å²) in [5.74, 6) is 0. The second-order valence-electron chi connectivity index (χ2n) is 9.88. The number of nitrogens with zero attached hydrogens (tertiary/aromatic N) is 1. The van der Waals surface area contributed by atoms with Gasteiger partial charge in [0.25, 0.3) is 0 Å². The van der Waals surface area contributed by atoms with Crippen molar-refractivity contribution in [1.82, 2.24) is 15.2 Å². The van der Waals surface area contributed by atoms with E-state index in [1.165, 1.54) is 33.3 Å². The number of benzene rings is 3. The highest BCUT2D eigenvalue weighted by Crippen LogP contribution is 2.49. The zero-order valence-corrected chi connectivity index (χ0v) is 20.1. The molecule has 1 aliphatic rings. The highest BCUT2D eigenvalue weighted by Gasteiger charge is 2.46. The number of aromatic nitrogens is 1. The molecule has 1 saturated carbocycles. The van der Waals surface area contributed by atoms with E-state index in [9.17, 15) is 0 Å². The fourth-order valence-electron chi connectivity index (χ4n) is 5.98. The van der Waals surface area contributed by atoms with Crippen LogP contribution in [0.25, 0.3) is 10.9 Å². The van der Waals surface area contributed by atoms with Crippen molar-refractivity contribution >= 4 is 10.9 Å². The normalized spacial score (nSPS) is 23.3. The first-order valence-electron chi connectivity index (χ1n) is 12.1. The topological polar surface area (TPSA) is 31.1 Å². The van der Waals surface area contributed by atoms with Crippen molar-refractivity contribution in [1.29, 1.82) is 0 Å². The van der Waals surface area contributed by atoms with Crippen LogP contribution in [-0.4, -0.2) is 24.0 Å². The van der Waals surface area contributed by atoms with Gasteiger partial charge in [-0.05, 0) is 69.5 Å². The molecular weight excluding hydrogens is 402 g/mol. The van der Waals surface area contributed by atoms with Crippen molar-refractivity contribution in [2.75, 3.05) is 14.1 Å². The van der Waals surface area contributed by atoms with Crippen molar-refractivity contribution < 1.29 is 0 Å². The quantitative estimate of drug-likeness (QED) is 0.361. The van der Waals surface area contributed by atoms with Gasteiger partial charge < -0.3 is 10.3 Å². The van der Waals surface area contributed by atoms with E-state index in [4.69, 9.17) is 0 Å². The van der Waals surface area contributed by atoms with E-state index < -0.39 is 0 Å². The van der Waals surface area contributed by atoms with Crippen molar-refractivity contribution in [2.24, 2.45) is 0 Å². The summed E-state index contributed by atoms with van der Waals surface area (Å²) in [6.07, 6.45) is 4.39. The summed E-state index contributed by atoms with van der Waals surface area (Å²) < 4.78 is 0. The minimum absolute atomic E-state index is 0.0686. The highest BCUT2D eigenvalue weighted by molar-refractivity contribution is 5.84. The fraction of sp³-hybridized carbons (Fsp3) is 0.333. The van der Waals surface area contributed by atoms with Gasteiger partial charge >= 0.3 is 0 Å². The Morgan fingerprint density at radius 2 is 1.39 bits per heavy atom. The number of rotatable bonds is 6. The minimum Gasteiger partial charge on any atom is -0.357 e. The van der Waals surface area contributed by atoms with E-state index >= 15 is 0 Å². The highest BCUT2D eigenvalue weighted by atomic mass is 15.2. The number of hydrogen-bond acceptors (Lipinski definition) is 2. The largest absolute Gasteiger partial charge is 0.357 e. The Kier molecular flexibility index (Phi) is 5.86. The van der Waals surface area contributed by atoms with Gasteiger partial charge in [-0.15, -0.1) is 0 Å². The van der Waals surface area contributed by atoms with E-state index in [2.05, 4.69) is 121 Å². The first-order valence-corrected chi connectivity index (χ1v) is 12.1. The number of hydrogen-bond donors (Lipinski definition) is 2. The lowest BCUT2D eigenvalue weighted by Gasteiger charge is -2.50. The smallest absolute Gasteiger partial charge is 0.0593 e. The third-order valence-corrected chi connectivity index (χ3v) is 8.02. The van der Waals surface area contributed by atoms with Crippen LogP contribution in [0.4, 0.5) is 0 Å². The van der Waals surface area contributed by atoms with Crippen LogP contribution < -0.4 is 5.32 Å². The van der Waals surface area contributed by atoms with Crippen LogP contribution in [0.3, 0.4) is 0 Å². The number of aryl methyl sites for hydroxylation is 1. The summed E-state index contributed by atoms with van der Waals surface area (Å²) in [6, 6.07) is 30.6. The summed E-state index contributed by atoms with van der Waals surface area (Å²) in [7, 11) is 4.48. The number of aromatic amines is 1. The lowest BCUT2D eigenvalue weighted by atomic mass is 9.67. The van der Waals surface area contributed by atoms with Gasteiger partial charge in [0.15, 0.2) is 0 Å². The summed E-state index contributed by atoms with van der Waals surface area (Å²) >= 11 is 0. The van der Waals surface area contributed by atoms with Gasteiger partial charge in [0.05, 0.1) is 5.54 Å². The molecule has 0 saturated heterocycles. The molecule has 3 aromatic carbocycles. The predicted molar refractivity (Wildman–Crippen MR) is 138 cm³/mol. The first kappa shape index (κ1) is 21.9. The van der Waals surface area contributed by atoms with Crippen LogP contribution in [0, 0.1) is 6.92 Å². The van der Waals surface area contributed by atoms with E-state index in [1.54, 1.807) is 0 Å². The molecule has 5 rings (SSSR count). The standard InChI is InChI=1S/C30H35N3/c1-23-26-16-10-11-17-27(26)32-28(23)29(31-22-24-12-6-4-7-13-24)18-20-30(21-19-29,33(2)3)25-14-8-5-9-15-25/h4-17,31-32H,18-22H2,1-3H3. The zero-order chi connectivity index (χ0) is 22.9. The lowest BCUT2D eigenvalue weighted by molar-refractivity contribution is 0.0509. The van der Waals surface area contributed by atoms with Crippen LogP contribution >= 0.6 is 0 Å². The van der Waals surface area contributed by atoms with Gasteiger partial charge in [-0.25, -0.2) is 0 Å². The number of fused-ring (bicyclic) bond motifs is 1. The summed E-state index contributed by atoms with van der Waals surface area (Å²) in [6.45, 7) is 3.15. The molecule has 0 radical (unpaired) electrons. The van der Waals surface area contributed by atoms with Gasteiger partial charge in [-0.1, -0.05) is 78.9 Å². The maximum Gasteiger partial charge on any atom is 0.0593 e. The Hall–Kier alpha value is -2.88. The van der Waals surface area contributed by atoms with Crippen LogP contribution in [0.1, 0.15) is 48.1 Å². The molecule has 1 aromatic heterocycles. The fourth-order valence-corrected chi connectivity index (χ4v) is 5.98. The molecule has 170 valence electrons. The average Bonchev–Trinajstić information content (AvgIpc) is 3.21. The maximum atomic E-state index is 4.05. The molecule has 1 fully saturated rings. The molecule has 4 aromatic rings. The van der Waals surface area contributed by atoms with Gasteiger partial charge in [-0.2, -0.15) is 0 Å². The Bertz CT molecular complexity index is 1200. The van der Waals surface area contributed by atoms with Crippen LogP contribution in [-0.2, 0) is 17.6 Å². The molecule has 3 nitrogen and oxygen atoms in total. The Labute approximate surface area is 197 Å². The van der Waals surface area contributed by atoms with E-state index in [-0.39, 0.29) is 11.1 Å². The Morgan fingerprint density at radius 3 is 2.03 bits per heavy atom. The summed E-state index contributed by atoms with van der Waals surface area (Å²) in [4.78, 5) is 6.28. The molecule has 1 aliphatic carbocycles. The molecule has 0 atom stereocenters. The number of nitrogens with one attached hydrogen (secondary N) is 2. The SMILES string of the molecule is Cc1c(C2(NCc3ccccc3)CCC(c3ccccc3)(N(C)C)CC2)[nH]c2ccccc12. The Balaban J connectivity index is 1.53. The number of para-hydroxylation sites is 1. The van der Waals surface area contributed by atoms with Crippen molar-refractivity contribution in [2.45, 2.75) is 50.2 Å². The van der Waals surface area contributed by atoms with Crippen molar-refractivity contribution in [3.63, 3.8) is 0 Å². The molecule has 33 heavy (non-hydrogen) atoms. The molecule has 2 N–H and O–H groups in total. The Morgan fingerprint density at radius 1 is 0.788 bits per heavy atom. The molecular formula is C30H35N3.